The highest BCUT2D eigenvalue weighted by Crippen LogP contribution is 2.60. The number of alkyl halides is 2. The van der Waals surface area contributed by atoms with Crippen LogP contribution < -0.4 is 0 Å². The van der Waals surface area contributed by atoms with E-state index in [-0.39, 0.29) is 11.8 Å². The van der Waals surface area contributed by atoms with Crippen molar-refractivity contribution < 1.29 is 31.3 Å². The maximum atomic E-state index is 13.5. The lowest BCUT2D eigenvalue weighted by Crippen LogP contribution is -2.60. The third-order valence-corrected chi connectivity index (χ3v) is 6.73. The van der Waals surface area contributed by atoms with Crippen molar-refractivity contribution in [2.45, 2.75) is 56.3 Å². The second-order valence-corrected chi connectivity index (χ2v) is 8.46. The number of carbonyl (C=O) groups is 1. The average Bonchev–Trinajstić information content (AvgIpc) is 2.40. The van der Waals surface area contributed by atoms with Crippen LogP contribution in [0.25, 0.3) is 0 Å². The van der Waals surface area contributed by atoms with Gasteiger partial charge in [-0.1, -0.05) is 6.92 Å². The third kappa shape index (κ3) is 2.18. The molecule has 22 heavy (non-hydrogen) atoms. The zero-order chi connectivity index (χ0) is 16.3. The summed E-state index contributed by atoms with van der Waals surface area (Å²) in [5, 5.41) is -4.91. The molecule has 4 aliphatic rings. The summed E-state index contributed by atoms with van der Waals surface area (Å²) in [5.74, 6) is -1.01. The second kappa shape index (κ2) is 4.87. The molecule has 0 atom stereocenters. The van der Waals surface area contributed by atoms with Crippen LogP contribution in [-0.2, 0) is 19.6 Å². The molecule has 0 amide bonds. The van der Waals surface area contributed by atoms with E-state index in [4.69, 9.17) is 9.29 Å². The average molecular weight is 338 g/mol. The summed E-state index contributed by atoms with van der Waals surface area (Å²) in [5.41, 5.74) is -1.02. The summed E-state index contributed by atoms with van der Waals surface area (Å²) in [4.78, 5) is 11.8. The minimum absolute atomic E-state index is 0.00916. The molecule has 0 heterocycles. The van der Waals surface area contributed by atoms with Crippen molar-refractivity contribution in [2.75, 3.05) is 0 Å². The number of halogens is 2. The van der Waals surface area contributed by atoms with Gasteiger partial charge in [-0.15, -0.1) is 0 Å². The van der Waals surface area contributed by atoms with E-state index in [1.165, 1.54) is 0 Å². The molecule has 126 valence electrons. The van der Waals surface area contributed by atoms with E-state index >= 15 is 0 Å². The summed E-state index contributed by atoms with van der Waals surface area (Å²) >= 11 is 0. The van der Waals surface area contributed by atoms with Gasteiger partial charge in [-0.05, 0) is 62.2 Å². The Balaban J connectivity index is 1.88. The Morgan fingerprint density at radius 2 is 1.64 bits per heavy atom. The zero-order valence-corrected chi connectivity index (χ0v) is 13.1. The van der Waals surface area contributed by atoms with Gasteiger partial charge in [0, 0.05) is 0 Å². The van der Waals surface area contributed by atoms with Crippen LogP contribution in [0.1, 0.15) is 45.4 Å². The molecule has 4 fully saturated rings. The molecule has 0 aromatic carbocycles. The van der Waals surface area contributed by atoms with Gasteiger partial charge < -0.3 is 4.74 Å². The fraction of sp³-hybridized carbons (Fsp3) is 0.929. The molecule has 4 aliphatic carbocycles. The minimum atomic E-state index is -5.82. The highest BCUT2D eigenvalue weighted by atomic mass is 32.2. The van der Waals surface area contributed by atoms with Crippen LogP contribution in [0.3, 0.4) is 0 Å². The van der Waals surface area contributed by atoms with Crippen LogP contribution in [0.2, 0.25) is 0 Å². The van der Waals surface area contributed by atoms with Gasteiger partial charge in [0.1, 0.15) is 5.60 Å². The topological polar surface area (TPSA) is 80.7 Å². The Labute approximate surface area is 128 Å². The predicted octanol–water partition coefficient (Wildman–Crippen LogP) is 2.62. The summed E-state index contributed by atoms with van der Waals surface area (Å²) in [6.07, 6.45) is 4.89. The van der Waals surface area contributed by atoms with Gasteiger partial charge in [0.05, 0.1) is 0 Å². The van der Waals surface area contributed by atoms with Crippen LogP contribution in [0.5, 0.6) is 0 Å². The van der Waals surface area contributed by atoms with Gasteiger partial charge in [0.15, 0.2) is 0 Å². The van der Waals surface area contributed by atoms with Gasteiger partial charge in [-0.25, -0.2) is 4.79 Å². The lowest BCUT2D eigenvalue weighted by atomic mass is 9.49. The van der Waals surface area contributed by atoms with Gasteiger partial charge in [-0.2, -0.15) is 17.2 Å². The molecule has 4 bridgehead atoms. The molecular formula is C14H20F2O5S. The summed E-state index contributed by atoms with van der Waals surface area (Å²) < 4.78 is 62.3. The number of rotatable bonds is 4. The number of carbonyl (C=O) groups excluding carboxylic acids is 1. The molecule has 8 heteroatoms. The fourth-order valence-corrected chi connectivity index (χ4v) is 5.39. The molecular weight excluding hydrogens is 318 g/mol. The number of hydrogen-bond donors (Lipinski definition) is 1. The van der Waals surface area contributed by atoms with E-state index in [1.54, 1.807) is 6.92 Å². The summed E-state index contributed by atoms with van der Waals surface area (Å²) in [7, 11) is -5.82. The van der Waals surface area contributed by atoms with E-state index in [0.717, 1.165) is 32.1 Å². The highest BCUT2D eigenvalue weighted by molar-refractivity contribution is 7.87. The van der Waals surface area contributed by atoms with Gasteiger partial charge in [0.2, 0.25) is 0 Å². The van der Waals surface area contributed by atoms with Crippen molar-refractivity contribution in [3.8, 4) is 0 Å². The lowest BCUT2D eigenvalue weighted by Gasteiger charge is -2.60. The fourth-order valence-electron chi connectivity index (χ4n) is 5.14. The third-order valence-electron chi connectivity index (χ3n) is 5.92. The largest absolute Gasteiger partial charge is 0.465 e. The van der Waals surface area contributed by atoms with Crippen molar-refractivity contribution in [1.82, 2.24) is 0 Å². The van der Waals surface area contributed by atoms with Crippen molar-refractivity contribution in [3.05, 3.63) is 0 Å². The first kappa shape index (κ1) is 16.1. The minimum Gasteiger partial charge on any atom is -0.453 e. The number of hydrogen-bond acceptors (Lipinski definition) is 4. The Morgan fingerprint density at radius 3 is 2.00 bits per heavy atom. The van der Waals surface area contributed by atoms with E-state index < -0.39 is 26.9 Å². The summed E-state index contributed by atoms with van der Waals surface area (Å²) in [6, 6.07) is 0. The van der Waals surface area contributed by atoms with Crippen LogP contribution in [-0.4, -0.2) is 29.8 Å². The number of ether oxygens (including phenoxy) is 1. The maximum absolute atomic E-state index is 13.5. The van der Waals surface area contributed by atoms with Crippen molar-refractivity contribution in [3.63, 3.8) is 0 Å². The second-order valence-electron chi connectivity index (χ2n) is 6.99. The van der Waals surface area contributed by atoms with E-state index in [9.17, 15) is 22.0 Å². The highest BCUT2D eigenvalue weighted by Gasteiger charge is 2.62. The maximum Gasteiger partial charge on any atom is 0.465 e. The first-order valence-corrected chi connectivity index (χ1v) is 9.12. The molecule has 1 N–H and O–H groups in total. The Kier molecular flexibility index (Phi) is 3.56. The molecule has 4 saturated carbocycles. The summed E-state index contributed by atoms with van der Waals surface area (Å²) in [6.45, 7) is 1.78. The van der Waals surface area contributed by atoms with Crippen LogP contribution in [0.4, 0.5) is 8.78 Å². The Morgan fingerprint density at radius 1 is 1.18 bits per heavy atom. The molecule has 0 radical (unpaired) electrons. The normalized spacial score (nSPS) is 40.7. The van der Waals surface area contributed by atoms with Crippen LogP contribution in [0.15, 0.2) is 0 Å². The monoisotopic (exact) mass is 338 g/mol. The van der Waals surface area contributed by atoms with E-state index in [1.807, 2.05) is 0 Å². The quantitative estimate of drug-likeness (QED) is 0.629. The lowest BCUT2D eigenvalue weighted by molar-refractivity contribution is -0.222. The SMILES string of the molecule is CCC1(OC(=O)C(F)(F)S(=O)(=O)O)C2CC3CC(C2)CC1C3. The first-order chi connectivity index (χ1) is 10.1. The standard InChI is InChI=1S/C14H20F2O5S/c1-2-13(21-12(17)14(15,16)22(18,19)20)10-4-8-3-9(6-10)7-11(13)5-8/h8-11H,2-7H2,1H3,(H,18,19,20). The van der Waals surface area contributed by atoms with Crippen molar-refractivity contribution in [2.24, 2.45) is 23.7 Å². The van der Waals surface area contributed by atoms with Gasteiger partial charge in [0.25, 0.3) is 0 Å². The molecule has 0 aromatic rings. The van der Waals surface area contributed by atoms with E-state index in [0.29, 0.717) is 18.3 Å². The van der Waals surface area contributed by atoms with Gasteiger partial charge in [-0.3, -0.25) is 4.55 Å². The zero-order valence-electron chi connectivity index (χ0n) is 12.3. The number of esters is 1. The molecule has 0 unspecified atom stereocenters. The van der Waals surface area contributed by atoms with Crippen molar-refractivity contribution >= 4 is 16.1 Å². The van der Waals surface area contributed by atoms with Crippen LogP contribution >= 0.6 is 0 Å². The molecule has 0 spiro atoms. The van der Waals surface area contributed by atoms with Crippen LogP contribution in [0, 0.1) is 23.7 Å². The molecule has 5 nitrogen and oxygen atoms in total. The Hall–Kier alpha value is -0.760. The predicted molar refractivity (Wildman–Crippen MR) is 72.7 cm³/mol. The van der Waals surface area contributed by atoms with Gasteiger partial charge >= 0.3 is 21.3 Å². The Bertz CT molecular complexity index is 558. The molecule has 0 saturated heterocycles. The molecule has 0 aromatic heterocycles. The molecule has 0 aliphatic heterocycles. The van der Waals surface area contributed by atoms with Crippen molar-refractivity contribution in [1.29, 1.82) is 0 Å². The molecule has 4 rings (SSSR count). The smallest absolute Gasteiger partial charge is 0.453 e. The van der Waals surface area contributed by atoms with E-state index in [2.05, 4.69) is 0 Å². The first-order valence-electron chi connectivity index (χ1n) is 7.68.